The average Bonchev–Trinajstić information content (AvgIpc) is 2.15. The van der Waals surface area contributed by atoms with E-state index >= 15 is 0 Å². The van der Waals surface area contributed by atoms with Crippen molar-refractivity contribution in [3.63, 3.8) is 0 Å². The topological polar surface area (TPSA) is 26.0 Å². The van der Waals surface area contributed by atoms with E-state index in [1.165, 1.54) is 5.56 Å². The molecule has 62 valence electrons. The third-order valence-corrected chi connectivity index (χ3v) is 1.72. The summed E-state index contributed by atoms with van der Waals surface area (Å²) in [5.74, 6) is 6.23. The zero-order valence-corrected chi connectivity index (χ0v) is 7.25. The van der Waals surface area contributed by atoms with Crippen LogP contribution >= 0.6 is 0 Å². The molecule has 1 unspecified atom stereocenters. The van der Waals surface area contributed by atoms with E-state index in [1.54, 1.807) is 0 Å². The predicted octanol–water partition coefficient (Wildman–Crippen LogP) is 1.75. The lowest BCUT2D eigenvalue weighted by Crippen LogP contribution is -1.95. The summed E-state index contributed by atoms with van der Waals surface area (Å²) in [5, 5.41) is 0. The van der Waals surface area contributed by atoms with Crippen LogP contribution in [0.3, 0.4) is 0 Å². The van der Waals surface area contributed by atoms with Crippen LogP contribution in [0.2, 0.25) is 0 Å². The van der Waals surface area contributed by atoms with Crippen LogP contribution in [-0.4, -0.2) is 6.54 Å². The highest BCUT2D eigenvalue weighted by molar-refractivity contribution is 5.26. The second-order valence-electron chi connectivity index (χ2n) is 2.66. The van der Waals surface area contributed by atoms with E-state index in [1.807, 2.05) is 18.2 Å². The maximum absolute atomic E-state index is 5.28. The summed E-state index contributed by atoms with van der Waals surface area (Å²) in [4.78, 5) is 0. The van der Waals surface area contributed by atoms with Crippen molar-refractivity contribution < 1.29 is 0 Å². The Morgan fingerprint density at radius 3 is 2.58 bits per heavy atom. The molecule has 1 aromatic rings. The lowest BCUT2D eigenvalue weighted by Gasteiger charge is -2.02. The van der Waals surface area contributed by atoms with Crippen molar-refractivity contribution in [3.05, 3.63) is 35.9 Å². The van der Waals surface area contributed by atoms with Crippen LogP contribution in [0.5, 0.6) is 0 Å². The second kappa shape index (κ2) is 4.58. The van der Waals surface area contributed by atoms with Crippen LogP contribution in [-0.2, 0) is 0 Å². The Labute approximate surface area is 73.6 Å². The smallest absolute Gasteiger partial charge is 0.0551 e. The first-order valence-electron chi connectivity index (χ1n) is 4.08. The predicted molar refractivity (Wildman–Crippen MR) is 51.7 cm³/mol. The lowest BCUT2D eigenvalue weighted by atomic mass is 10.0. The fourth-order valence-corrected chi connectivity index (χ4v) is 1.04. The summed E-state index contributed by atoms with van der Waals surface area (Å²) in [6.07, 6.45) is 0. The Morgan fingerprint density at radius 1 is 1.33 bits per heavy atom. The first-order valence-corrected chi connectivity index (χ1v) is 4.08. The van der Waals surface area contributed by atoms with E-state index in [0.29, 0.717) is 6.54 Å². The van der Waals surface area contributed by atoms with Crippen molar-refractivity contribution >= 4 is 0 Å². The van der Waals surface area contributed by atoms with Gasteiger partial charge in [-0.05, 0) is 12.5 Å². The van der Waals surface area contributed by atoms with E-state index < -0.39 is 0 Å². The van der Waals surface area contributed by atoms with Crippen LogP contribution in [0.15, 0.2) is 30.3 Å². The van der Waals surface area contributed by atoms with Gasteiger partial charge in [0.1, 0.15) is 0 Å². The van der Waals surface area contributed by atoms with E-state index in [-0.39, 0.29) is 5.92 Å². The van der Waals surface area contributed by atoms with Gasteiger partial charge in [0.2, 0.25) is 0 Å². The number of hydrogen-bond acceptors (Lipinski definition) is 1. The SMILES string of the molecule is CC(C#CCN)c1ccccc1. The zero-order valence-electron chi connectivity index (χ0n) is 7.25. The first-order chi connectivity index (χ1) is 5.84. The molecule has 0 radical (unpaired) electrons. The minimum Gasteiger partial charge on any atom is -0.320 e. The monoisotopic (exact) mass is 159 g/mol. The Kier molecular flexibility index (Phi) is 3.37. The highest BCUT2D eigenvalue weighted by Crippen LogP contribution is 2.12. The summed E-state index contributed by atoms with van der Waals surface area (Å²) in [7, 11) is 0. The molecule has 1 nitrogen and oxygen atoms in total. The molecule has 0 saturated carbocycles. The summed E-state index contributed by atoms with van der Waals surface area (Å²) < 4.78 is 0. The van der Waals surface area contributed by atoms with Gasteiger partial charge >= 0.3 is 0 Å². The van der Waals surface area contributed by atoms with Gasteiger partial charge in [-0.2, -0.15) is 0 Å². The first kappa shape index (κ1) is 8.83. The van der Waals surface area contributed by atoms with Crippen LogP contribution < -0.4 is 5.73 Å². The number of hydrogen-bond donors (Lipinski definition) is 1. The largest absolute Gasteiger partial charge is 0.320 e. The van der Waals surface area contributed by atoms with Crippen molar-refractivity contribution in [3.8, 4) is 11.8 Å². The molecule has 2 N–H and O–H groups in total. The highest BCUT2D eigenvalue weighted by atomic mass is 14.5. The van der Waals surface area contributed by atoms with Crippen LogP contribution in [0.1, 0.15) is 18.4 Å². The van der Waals surface area contributed by atoms with E-state index in [9.17, 15) is 0 Å². The molecule has 0 amide bonds. The quantitative estimate of drug-likeness (QED) is 0.621. The summed E-state index contributed by atoms with van der Waals surface area (Å²) in [6.45, 7) is 2.52. The van der Waals surface area contributed by atoms with Crippen molar-refractivity contribution in [1.29, 1.82) is 0 Å². The molecule has 0 aliphatic carbocycles. The second-order valence-corrected chi connectivity index (χ2v) is 2.66. The molecule has 0 saturated heterocycles. The highest BCUT2D eigenvalue weighted by Gasteiger charge is 1.97. The molecule has 12 heavy (non-hydrogen) atoms. The van der Waals surface area contributed by atoms with Crippen LogP contribution in [0, 0.1) is 11.8 Å². The van der Waals surface area contributed by atoms with Gasteiger partial charge in [-0.3, -0.25) is 0 Å². The van der Waals surface area contributed by atoms with Crippen molar-refractivity contribution in [1.82, 2.24) is 0 Å². The normalized spacial score (nSPS) is 11.5. The fraction of sp³-hybridized carbons (Fsp3) is 0.273. The minimum absolute atomic E-state index is 0.287. The Bertz CT molecular complexity index is 279. The van der Waals surface area contributed by atoms with Crippen LogP contribution in [0.4, 0.5) is 0 Å². The molecule has 0 bridgehead atoms. The molecule has 1 heteroatoms. The number of nitrogens with two attached hydrogens (primary N) is 1. The molecule has 1 rings (SSSR count). The molecule has 0 aromatic heterocycles. The molecule has 0 aliphatic heterocycles. The average molecular weight is 159 g/mol. The van der Waals surface area contributed by atoms with Gasteiger partial charge in [-0.15, -0.1) is 0 Å². The minimum atomic E-state index is 0.287. The maximum atomic E-state index is 5.28. The molecule has 1 atom stereocenters. The van der Waals surface area contributed by atoms with Gasteiger partial charge in [-0.25, -0.2) is 0 Å². The molecule has 1 aromatic carbocycles. The van der Waals surface area contributed by atoms with Gasteiger partial charge in [0.15, 0.2) is 0 Å². The molecule has 0 heterocycles. The molecular weight excluding hydrogens is 146 g/mol. The van der Waals surface area contributed by atoms with Crippen molar-refractivity contribution in [2.24, 2.45) is 5.73 Å². The van der Waals surface area contributed by atoms with Gasteiger partial charge in [0, 0.05) is 5.92 Å². The van der Waals surface area contributed by atoms with E-state index in [0.717, 1.165) is 0 Å². The summed E-state index contributed by atoms with van der Waals surface area (Å²) in [6, 6.07) is 10.2. The molecular formula is C11H13N. The van der Waals surface area contributed by atoms with Crippen molar-refractivity contribution in [2.45, 2.75) is 12.8 Å². The van der Waals surface area contributed by atoms with Crippen LogP contribution in [0.25, 0.3) is 0 Å². The lowest BCUT2D eigenvalue weighted by molar-refractivity contribution is 1.00. The number of rotatable bonds is 1. The van der Waals surface area contributed by atoms with E-state index in [2.05, 4.69) is 30.9 Å². The number of benzene rings is 1. The summed E-state index contributed by atoms with van der Waals surface area (Å²) in [5.41, 5.74) is 6.53. The fourth-order valence-electron chi connectivity index (χ4n) is 1.04. The third-order valence-electron chi connectivity index (χ3n) is 1.72. The Balaban J connectivity index is 2.72. The Hall–Kier alpha value is -1.26. The molecule has 0 aliphatic rings. The van der Waals surface area contributed by atoms with Crippen molar-refractivity contribution in [2.75, 3.05) is 6.54 Å². The zero-order chi connectivity index (χ0) is 8.81. The van der Waals surface area contributed by atoms with Gasteiger partial charge in [0.05, 0.1) is 6.54 Å². The van der Waals surface area contributed by atoms with Gasteiger partial charge in [-0.1, -0.05) is 42.2 Å². The Morgan fingerprint density at radius 2 is 2.00 bits per heavy atom. The molecule has 0 fully saturated rings. The summed E-state index contributed by atoms with van der Waals surface area (Å²) >= 11 is 0. The molecule has 0 spiro atoms. The van der Waals surface area contributed by atoms with Gasteiger partial charge < -0.3 is 5.73 Å². The van der Waals surface area contributed by atoms with Gasteiger partial charge in [0.25, 0.3) is 0 Å². The van der Waals surface area contributed by atoms with E-state index in [4.69, 9.17) is 5.73 Å². The standard InChI is InChI=1S/C11H13N/c1-10(6-5-9-12)11-7-3-2-4-8-11/h2-4,7-8,10H,9,12H2,1H3. The third kappa shape index (κ3) is 2.41. The maximum Gasteiger partial charge on any atom is 0.0551 e.